The van der Waals surface area contributed by atoms with Gasteiger partial charge in [0.25, 0.3) is 0 Å². The Bertz CT molecular complexity index is 1360. The zero-order valence-corrected chi connectivity index (χ0v) is 18.9. The van der Waals surface area contributed by atoms with Crippen LogP contribution >= 0.6 is 0 Å². The predicted molar refractivity (Wildman–Crippen MR) is 131 cm³/mol. The van der Waals surface area contributed by atoms with Crippen molar-refractivity contribution in [2.75, 3.05) is 11.1 Å². The molecule has 0 bridgehead atoms. The highest BCUT2D eigenvalue weighted by atomic mass is 16.3. The SMILES string of the molecule is Nc1nc(Nc2ccc3c(c2)CCC(O)CC3)n(-c2cc3c(nn2)-c2ccccc2CCC3)n1. The lowest BCUT2D eigenvalue weighted by Gasteiger charge is -2.12. The molecule has 172 valence electrons. The minimum Gasteiger partial charge on any atom is -0.393 e. The molecule has 4 N–H and O–H groups in total. The third-order valence-electron chi connectivity index (χ3n) is 6.82. The lowest BCUT2D eigenvalue weighted by atomic mass is 10.0. The van der Waals surface area contributed by atoms with E-state index in [9.17, 15) is 5.11 Å². The largest absolute Gasteiger partial charge is 0.393 e. The van der Waals surface area contributed by atoms with Crippen LogP contribution in [0.25, 0.3) is 17.1 Å². The van der Waals surface area contributed by atoms with E-state index >= 15 is 0 Å². The van der Waals surface area contributed by atoms with Crippen LogP contribution in [0.4, 0.5) is 17.6 Å². The summed E-state index contributed by atoms with van der Waals surface area (Å²) in [7, 11) is 0. The summed E-state index contributed by atoms with van der Waals surface area (Å²) in [6, 6.07) is 16.7. The van der Waals surface area contributed by atoms with E-state index in [4.69, 9.17) is 5.73 Å². The highest BCUT2D eigenvalue weighted by Gasteiger charge is 2.20. The van der Waals surface area contributed by atoms with Gasteiger partial charge < -0.3 is 16.2 Å². The summed E-state index contributed by atoms with van der Waals surface area (Å²) in [5, 5.41) is 26.9. The molecule has 1 atom stereocenters. The average Bonchev–Trinajstić information content (AvgIpc) is 3.00. The first kappa shape index (κ1) is 20.8. The second-order valence-corrected chi connectivity index (χ2v) is 9.13. The number of aryl methyl sites for hydroxylation is 4. The maximum atomic E-state index is 10.0. The lowest BCUT2D eigenvalue weighted by Crippen LogP contribution is -2.08. The second kappa shape index (κ2) is 8.53. The van der Waals surface area contributed by atoms with Crippen LogP contribution in [0.15, 0.2) is 48.5 Å². The van der Waals surface area contributed by atoms with Crippen LogP contribution in [0, 0.1) is 0 Å². The van der Waals surface area contributed by atoms with Gasteiger partial charge in [-0.05, 0) is 85.4 Å². The molecule has 2 aliphatic carbocycles. The van der Waals surface area contributed by atoms with Crippen molar-refractivity contribution < 1.29 is 5.11 Å². The molecule has 34 heavy (non-hydrogen) atoms. The van der Waals surface area contributed by atoms with Crippen LogP contribution in [0.3, 0.4) is 0 Å². The molecule has 0 saturated heterocycles. The van der Waals surface area contributed by atoms with Gasteiger partial charge in [-0.1, -0.05) is 30.3 Å². The van der Waals surface area contributed by atoms with Crippen molar-refractivity contribution in [2.24, 2.45) is 0 Å². The first-order chi connectivity index (χ1) is 16.6. The number of hydrogen-bond donors (Lipinski definition) is 3. The van der Waals surface area contributed by atoms with Crippen molar-refractivity contribution in [1.82, 2.24) is 25.0 Å². The number of anilines is 3. The average molecular weight is 454 g/mol. The monoisotopic (exact) mass is 453 g/mol. The van der Waals surface area contributed by atoms with E-state index in [1.54, 1.807) is 4.68 Å². The Morgan fingerprint density at radius 1 is 0.882 bits per heavy atom. The summed E-state index contributed by atoms with van der Waals surface area (Å²) in [4.78, 5) is 4.40. The highest BCUT2D eigenvalue weighted by Crippen LogP contribution is 2.32. The summed E-state index contributed by atoms with van der Waals surface area (Å²) < 4.78 is 1.62. The summed E-state index contributed by atoms with van der Waals surface area (Å²) in [6.45, 7) is 0. The van der Waals surface area contributed by atoms with Crippen molar-refractivity contribution in [3.63, 3.8) is 0 Å². The number of nitrogens with one attached hydrogen (secondary N) is 1. The topological polar surface area (TPSA) is 115 Å². The maximum Gasteiger partial charge on any atom is 0.241 e. The van der Waals surface area contributed by atoms with E-state index < -0.39 is 0 Å². The fraction of sp³-hybridized carbons (Fsp3) is 0.308. The number of aliphatic hydroxyl groups is 1. The highest BCUT2D eigenvalue weighted by molar-refractivity contribution is 5.68. The molecule has 2 aromatic heterocycles. The first-order valence-corrected chi connectivity index (χ1v) is 11.9. The number of nitrogen functional groups attached to an aromatic ring is 1. The zero-order chi connectivity index (χ0) is 23.1. The molecule has 2 aliphatic rings. The number of nitrogens with zero attached hydrogens (tertiary/aromatic N) is 5. The van der Waals surface area contributed by atoms with Gasteiger partial charge in [0.15, 0.2) is 5.82 Å². The van der Waals surface area contributed by atoms with Crippen LogP contribution in [0.5, 0.6) is 0 Å². The van der Waals surface area contributed by atoms with Gasteiger partial charge in [-0.3, -0.25) is 0 Å². The molecule has 8 nitrogen and oxygen atoms in total. The van der Waals surface area contributed by atoms with Gasteiger partial charge in [-0.15, -0.1) is 15.3 Å². The molecule has 1 unspecified atom stereocenters. The Hall–Kier alpha value is -3.78. The van der Waals surface area contributed by atoms with Crippen molar-refractivity contribution in [1.29, 1.82) is 0 Å². The Morgan fingerprint density at radius 2 is 1.71 bits per heavy atom. The minimum absolute atomic E-state index is 0.169. The molecular weight excluding hydrogens is 426 g/mol. The molecule has 0 saturated carbocycles. The number of hydrogen-bond acceptors (Lipinski definition) is 7. The number of aromatic nitrogens is 5. The summed E-state index contributed by atoms with van der Waals surface area (Å²) >= 11 is 0. The minimum atomic E-state index is -0.231. The molecule has 2 heterocycles. The molecule has 0 aliphatic heterocycles. The van der Waals surface area contributed by atoms with E-state index in [1.807, 2.05) is 18.2 Å². The summed E-state index contributed by atoms with van der Waals surface area (Å²) in [6.07, 6.45) is 6.14. The van der Waals surface area contributed by atoms with E-state index in [2.05, 4.69) is 55.9 Å². The Labute approximate surface area is 197 Å². The molecule has 2 aromatic carbocycles. The number of rotatable bonds is 3. The van der Waals surface area contributed by atoms with E-state index in [1.165, 1.54) is 16.7 Å². The van der Waals surface area contributed by atoms with Crippen molar-refractivity contribution >= 4 is 17.6 Å². The van der Waals surface area contributed by atoms with Gasteiger partial charge in [0.2, 0.25) is 11.9 Å². The van der Waals surface area contributed by atoms with Crippen LogP contribution in [-0.4, -0.2) is 36.2 Å². The summed E-state index contributed by atoms with van der Waals surface area (Å²) in [5.41, 5.74) is 14.0. The molecule has 0 fully saturated rings. The Balaban J connectivity index is 1.33. The smallest absolute Gasteiger partial charge is 0.241 e. The number of fused-ring (bicyclic) bond motifs is 4. The maximum absolute atomic E-state index is 10.0. The van der Waals surface area contributed by atoms with Gasteiger partial charge in [0.05, 0.1) is 11.8 Å². The Kier molecular flexibility index (Phi) is 5.22. The third kappa shape index (κ3) is 3.90. The van der Waals surface area contributed by atoms with E-state index in [-0.39, 0.29) is 12.1 Å². The molecule has 0 amide bonds. The van der Waals surface area contributed by atoms with Crippen LogP contribution < -0.4 is 11.1 Å². The van der Waals surface area contributed by atoms with Gasteiger partial charge in [-0.2, -0.15) is 9.67 Å². The van der Waals surface area contributed by atoms with E-state index in [0.717, 1.165) is 67.5 Å². The predicted octanol–water partition coefficient (Wildman–Crippen LogP) is 3.78. The lowest BCUT2D eigenvalue weighted by molar-refractivity contribution is 0.158. The van der Waals surface area contributed by atoms with Gasteiger partial charge >= 0.3 is 0 Å². The van der Waals surface area contributed by atoms with E-state index in [0.29, 0.717) is 11.8 Å². The van der Waals surface area contributed by atoms with Crippen molar-refractivity contribution in [3.8, 4) is 17.1 Å². The molecule has 0 radical (unpaired) electrons. The first-order valence-electron chi connectivity index (χ1n) is 11.9. The second-order valence-electron chi connectivity index (χ2n) is 9.13. The fourth-order valence-corrected chi connectivity index (χ4v) is 5.04. The molecular formula is C26H27N7O. The third-order valence-corrected chi connectivity index (χ3v) is 6.82. The van der Waals surface area contributed by atoms with Crippen LogP contribution in [0.1, 0.15) is 41.5 Å². The Morgan fingerprint density at radius 3 is 2.62 bits per heavy atom. The van der Waals surface area contributed by atoms with Crippen LogP contribution in [-0.2, 0) is 25.7 Å². The van der Waals surface area contributed by atoms with Crippen LogP contribution in [0.2, 0.25) is 0 Å². The van der Waals surface area contributed by atoms with Crippen molar-refractivity contribution in [3.05, 3.63) is 70.8 Å². The normalized spacial score (nSPS) is 17.1. The zero-order valence-electron chi connectivity index (χ0n) is 18.9. The summed E-state index contributed by atoms with van der Waals surface area (Å²) in [5.74, 6) is 1.25. The quantitative estimate of drug-likeness (QED) is 0.404. The fourth-order valence-electron chi connectivity index (χ4n) is 5.04. The number of nitrogens with two attached hydrogens (primary N) is 1. The number of benzene rings is 2. The molecule has 0 spiro atoms. The molecule has 8 heteroatoms. The standard InChI is InChI=1S/C26H27N7O/c27-25-29-26(28-20-11-8-16-9-12-21(34)13-10-18(16)14-20)33(32-25)23-15-19-6-3-5-17-4-1-2-7-22(17)24(19)31-30-23/h1-2,4,7-8,11,14-15,21,34H,3,5-6,9-10,12-13H2,(H3,27,28,29,32). The van der Waals surface area contributed by atoms with Crippen molar-refractivity contribution in [2.45, 2.75) is 51.0 Å². The molecule has 6 rings (SSSR count). The van der Waals surface area contributed by atoms with Gasteiger partial charge in [0, 0.05) is 11.3 Å². The van der Waals surface area contributed by atoms with Gasteiger partial charge in [0.1, 0.15) is 0 Å². The number of aliphatic hydroxyl groups excluding tert-OH is 1. The van der Waals surface area contributed by atoms with Gasteiger partial charge in [-0.25, -0.2) is 0 Å². The molecule has 4 aromatic rings.